The Morgan fingerprint density at radius 3 is 2.50 bits per heavy atom. The Bertz CT molecular complexity index is 926. The molecule has 0 radical (unpaired) electrons. The number of aryl methyl sites for hydroxylation is 2. The molecule has 1 aromatic carbocycles. The second-order valence-corrected chi connectivity index (χ2v) is 9.58. The Hall–Kier alpha value is -1.77. The van der Waals surface area contributed by atoms with Gasteiger partial charge in [-0.1, -0.05) is 12.1 Å². The van der Waals surface area contributed by atoms with Crippen LogP contribution in [0.25, 0.3) is 0 Å². The van der Waals surface area contributed by atoms with Gasteiger partial charge in [-0.05, 0) is 43.0 Å². The van der Waals surface area contributed by atoms with Gasteiger partial charge in [-0.25, -0.2) is 12.8 Å². The van der Waals surface area contributed by atoms with Gasteiger partial charge in [-0.2, -0.15) is 4.31 Å². The number of rotatable bonds is 3. The molecule has 1 aliphatic heterocycles. The molecule has 1 amide bonds. The lowest BCUT2D eigenvalue weighted by molar-refractivity contribution is 0.0702. The predicted octanol–water partition coefficient (Wildman–Crippen LogP) is 2.52. The molecule has 0 unspecified atom stereocenters. The molecule has 1 fully saturated rings. The van der Waals surface area contributed by atoms with Crippen molar-refractivity contribution < 1.29 is 17.6 Å². The van der Waals surface area contributed by atoms with Crippen molar-refractivity contribution in [2.75, 3.05) is 26.2 Å². The van der Waals surface area contributed by atoms with Crippen molar-refractivity contribution in [1.82, 2.24) is 9.21 Å². The molecule has 0 atom stereocenters. The normalized spacial score (nSPS) is 18.1. The number of hydrogen-bond donors (Lipinski definition) is 0. The van der Waals surface area contributed by atoms with E-state index in [-0.39, 0.29) is 23.9 Å². The Morgan fingerprint density at radius 1 is 1.08 bits per heavy atom. The first-order valence-electron chi connectivity index (χ1n) is 8.62. The zero-order valence-corrected chi connectivity index (χ0v) is 15.8. The van der Waals surface area contributed by atoms with E-state index in [0.29, 0.717) is 13.1 Å². The van der Waals surface area contributed by atoms with Crippen molar-refractivity contribution in [3.05, 3.63) is 51.5 Å². The van der Waals surface area contributed by atoms with Gasteiger partial charge in [0.05, 0.1) is 4.88 Å². The Kier molecular flexibility index (Phi) is 4.58. The fraction of sp³-hybridized carbons (Fsp3) is 0.389. The first-order valence-corrected chi connectivity index (χ1v) is 10.9. The summed E-state index contributed by atoms with van der Waals surface area (Å²) < 4.78 is 40.4. The average Bonchev–Trinajstić information content (AvgIpc) is 3.23. The summed E-state index contributed by atoms with van der Waals surface area (Å²) in [6, 6.07) is 7.37. The lowest BCUT2D eigenvalue weighted by Gasteiger charge is -2.33. The minimum atomic E-state index is -3.88. The predicted molar refractivity (Wildman–Crippen MR) is 97.4 cm³/mol. The molecule has 2 aromatic rings. The summed E-state index contributed by atoms with van der Waals surface area (Å²) in [7, 11) is -3.88. The molecular weight excluding hydrogens is 375 g/mol. The van der Waals surface area contributed by atoms with E-state index in [4.69, 9.17) is 0 Å². The molecule has 5 nitrogen and oxygen atoms in total. The lowest BCUT2D eigenvalue weighted by Crippen LogP contribution is -2.50. The van der Waals surface area contributed by atoms with E-state index in [1.807, 2.05) is 6.07 Å². The number of thiophene rings is 1. The van der Waals surface area contributed by atoms with E-state index in [1.165, 1.54) is 32.9 Å². The molecule has 138 valence electrons. The summed E-state index contributed by atoms with van der Waals surface area (Å²) in [5, 5.41) is 0. The van der Waals surface area contributed by atoms with E-state index in [9.17, 15) is 17.6 Å². The van der Waals surface area contributed by atoms with Crippen LogP contribution in [0.4, 0.5) is 4.39 Å². The van der Waals surface area contributed by atoms with Crippen molar-refractivity contribution in [2.24, 2.45) is 0 Å². The van der Waals surface area contributed by atoms with Gasteiger partial charge in [0, 0.05) is 31.1 Å². The summed E-state index contributed by atoms with van der Waals surface area (Å²) in [6.45, 7) is 0.977. The molecule has 4 rings (SSSR count). The topological polar surface area (TPSA) is 57.7 Å². The van der Waals surface area contributed by atoms with Crippen LogP contribution in [-0.2, 0) is 22.9 Å². The second-order valence-electron chi connectivity index (χ2n) is 6.54. The van der Waals surface area contributed by atoms with E-state index < -0.39 is 15.8 Å². The molecule has 0 bridgehead atoms. The summed E-state index contributed by atoms with van der Waals surface area (Å²) in [5.41, 5.74) is 1.28. The maximum absolute atomic E-state index is 13.9. The number of piperazine rings is 1. The van der Waals surface area contributed by atoms with Gasteiger partial charge in [0.15, 0.2) is 0 Å². The Morgan fingerprint density at radius 2 is 1.81 bits per heavy atom. The van der Waals surface area contributed by atoms with Crippen molar-refractivity contribution in [3.8, 4) is 0 Å². The van der Waals surface area contributed by atoms with E-state index in [2.05, 4.69) is 0 Å². The maximum atomic E-state index is 13.9. The lowest BCUT2D eigenvalue weighted by atomic mass is 10.2. The highest BCUT2D eigenvalue weighted by Crippen LogP contribution is 2.31. The molecule has 8 heteroatoms. The first kappa shape index (κ1) is 17.6. The smallest absolute Gasteiger partial charge is 0.264 e. The molecule has 2 aliphatic rings. The highest BCUT2D eigenvalue weighted by Gasteiger charge is 2.32. The van der Waals surface area contributed by atoms with E-state index in [1.54, 1.807) is 16.2 Å². The summed E-state index contributed by atoms with van der Waals surface area (Å²) in [6.07, 6.45) is 3.23. The highest BCUT2D eigenvalue weighted by molar-refractivity contribution is 7.89. The van der Waals surface area contributed by atoms with Crippen LogP contribution in [0, 0.1) is 5.82 Å². The Balaban J connectivity index is 1.45. The standard InChI is InChI=1S/C18H19FN2O3S2/c19-14-5-1-2-7-17(14)26(23,24)21-10-8-20(9-11-21)18(22)16-12-13-4-3-6-15(13)25-16/h1-2,5,7,12H,3-4,6,8-11H2. The fourth-order valence-electron chi connectivity index (χ4n) is 3.51. The number of fused-ring (bicyclic) bond motifs is 1. The quantitative estimate of drug-likeness (QED) is 0.804. The zero-order chi connectivity index (χ0) is 18.3. The Labute approximate surface area is 156 Å². The molecule has 1 saturated heterocycles. The molecule has 1 aliphatic carbocycles. The van der Waals surface area contributed by atoms with Gasteiger partial charge in [0.1, 0.15) is 10.7 Å². The number of hydrogen-bond acceptors (Lipinski definition) is 4. The number of carbonyl (C=O) groups is 1. The fourth-order valence-corrected chi connectivity index (χ4v) is 6.22. The monoisotopic (exact) mass is 394 g/mol. The SMILES string of the molecule is O=C(c1cc2c(s1)CCC2)N1CCN(S(=O)(=O)c2ccccc2F)CC1. The largest absolute Gasteiger partial charge is 0.335 e. The second kappa shape index (κ2) is 6.75. The number of carbonyl (C=O) groups excluding carboxylic acids is 1. The number of nitrogens with zero attached hydrogens (tertiary/aromatic N) is 2. The van der Waals surface area contributed by atoms with Crippen LogP contribution in [0.15, 0.2) is 35.2 Å². The van der Waals surface area contributed by atoms with Crippen LogP contribution >= 0.6 is 11.3 Å². The third-order valence-electron chi connectivity index (χ3n) is 4.94. The van der Waals surface area contributed by atoms with Gasteiger partial charge in [0.25, 0.3) is 5.91 Å². The summed E-state index contributed by atoms with van der Waals surface area (Å²) >= 11 is 1.56. The van der Waals surface area contributed by atoms with Crippen molar-refractivity contribution >= 4 is 27.3 Å². The van der Waals surface area contributed by atoms with Gasteiger partial charge in [-0.15, -0.1) is 11.3 Å². The third-order valence-corrected chi connectivity index (χ3v) is 8.09. The summed E-state index contributed by atoms with van der Waals surface area (Å²) in [4.78, 5) is 16.1. The number of amides is 1. The summed E-state index contributed by atoms with van der Waals surface area (Å²) in [5.74, 6) is -0.786. The highest BCUT2D eigenvalue weighted by atomic mass is 32.2. The molecule has 0 spiro atoms. The maximum Gasteiger partial charge on any atom is 0.264 e. The van der Waals surface area contributed by atoms with Gasteiger partial charge >= 0.3 is 0 Å². The van der Waals surface area contributed by atoms with E-state index >= 15 is 0 Å². The van der Waals surface area contributed by atoms with Crippen LogP contribution in [-0.4, -0.2) is 49.7 Å². The van der Waals surface area contributed by atoms with E-state index in [0.717, 1.165) is 30.2 Å². The third kappa shape index (κ3) is 3.06. The van der Waals surface area contributed by atoms with Crippen molar-refractivity contribution in [1.29, 1.82) is 0 Å². The van der Waals surface area contributed by atoms with Gasteiger partial charge in [0.2, 0.25) is 10.0 Å². The van der Waals surface area contributed by atoms with Crippen molar-refractivity contribution in [2.45, 2.75) is 24.2 Å². The van der Waals surface area contributed by atoms with Gasteiger partial charge < -0.3 is 4.90 Å². The molecule has 2 heterocycles. The zero-order valence-electron chi connectivity index (χ0n) is 14.2. The molecule has 0 saturated carbocycles. The van der Waals surface area contributed by atoms with Crippen LogP contribution in [0.5, 0.6) is 0 Å². The molecular formula is C18H19FN2O3S2. The minimum absolute atomic E-state index is 0.0349. The molecule has 0 N–H and O–H groups in total. The van der Waals surface area contributed by atoms with Crippen molar-refractivity contribution in [3.63, 3.8) is 0 Å². The number of sulfonamides is 1. The molecule has 1 aromatic heterocycles. The number of halogens is 1. The van der Waals surface area contributed by atoms with Crippen LogP contribution < -0.4 is 0 Å². The first-order chi connectivity index (χ1) is 12.5. The molecule has 26 heavy (non-hydrogen) atoms. The van der Waals surface area contributed by atoms with Crippen LogP contribution in [0.2, 0.25) is 0 Å². The van der Waals surface area contributed by atoms with Gasteiger partial charge in [-0.3, -0.25) is 4.79 Å². The van der Waals surface area contributed by atoms with Crippen LogP contribution in [0.1, 0.15) is 26.5 Å². The van der Waals surface area contributed by atoms with Crippen LogP contribution in [0.3, 0.4) is 0 Å². The number of benzene rings is 1. The average molecular weight is 394 g/mol. The minimum Gasteiger partial charge on any atom is -0.335 e.